The van der Waals surface area contributed by atoms with Crippen molar-refractivity contribution in [1.82, 2.24) is 9.97 Å². The van der Waals surface area contributed by atoms with E-state index in [4.69, 9.17) is 4.74 Å². The number of rotatable bonds is 6. The normalized spacial score (nSPS) is 12.5. The molecule has 0 aliphatic heterocycles. The summed E-state index contributed by atoms with van der Waals surface area (Å²) in [6, 6.07) is 7.58. The van der Waals surface area contributed by atoms with Crippen molar-refractivity contribution in [1.29, 1.82) is 0 Å². The first-order valence-electron chi connectivity index (χ1n) is 7.40. The number of benzene rings is 1. The third-order valence-corrected chi connectivity index (χ3v) is 3.98. The Morgan fingerprint density at radius 3 is 2.56 bits per heavy atom. The van der Waals surface area contributed by atoms with Crippen molar-refractivity contribution in [2.75, 3.05) is 11.9 Å². The highest BCUT2D eigenvalue weighted by Crippen LogP contribution is 2.29. The van der Waals surface area contributed by atoms with Crippen LogP contribution in [0, 0.1) is 0 Å². The molecule has 0 aliphatic carbocycles. The molecule has 1 amide bonds. The van der Waals surface area contributed by atoms with E-state index in [9.17, 15) is 18.0 Å². The molecule has 0 radical (unpaired) electrons. The van der Waals surface area contributed by atoms with Crippen LogP contribution in [0.3, 0.4) is 0 Å². The molecule has 2 rings (SSSR count). The molecule has 1 N–H and O–H groups in total. The Kier molecular flexibility index (Phi) is 6.24. The lowest BCUT2D eigenvalue weighted by molar-refractivity contribution is -0.141. The maximum absolute atomic E-state index is 12.6. The van der Waals surface area contributed by atoms with Crippen LogP contribution in [0.1, 0.15) is 19.5 Å². The summed E-state index contributed by atoms with van der Waals surface area (Å²) in [6.45, 7) is 3.97. The number of nitrogens with zero attached hydrogens (tertiary/aromatic N) is 2. The molecule has 1 aromatic carbocycles. The fraction of sp³-hybridized carbons (Fsp3) is 0.312. The topological polar surface area (TPSA) is 64.1 Å². The second-order valence-electron chi connectivity index (χ2n) is 4.93. The summed E-state index contributed by atoms with van der Waals surface area (Å²) in [5, 5.41) is 1.90. The fourth-order valence-corrected chi connectivity index (χ4v) is 2.57. The van der Waals surface area contributed by atoms with Crippen molar-refractivity contribution in [2.45, 2.75) is 30.4 Å². The van der Waals surface area contributed by atoms with Gasteiger partial charge in [0, 0.05) is 11.9 Å². The lowest BCUT2D eigenvalue weighted by Crippen LogP contribution is -2.22. The van der Waals surface area contributed by atoms with Gasteiger partial charge in [-0.1, -0.05) is 11.8 Å². The molecular formula is C16H16F3N3O2S. The zero-order chi connectivity index (χ0) is 18.4. The fourth-order valence-electron chi connectivity index (χ4n) is 1.81. The Hall–Kier alpha value is -2.29. The van der Waals surface area contributed by atoms with Crippen LogP contribution in [-0.2, 0) is 11.0 Å². The van der Waals surface area contributed by atoms with Gasteiger partial charge in [-0.2, -0.15) is 13.2 Å². The number of alkyl halides is 3. The summed E-state index contributed by atoms with van der Waals surface area (Å²) in [7, 11) is 0. The molecule has 1 atom stereocenters. The number of halogens is 3. The molecule has 1 aromatic heterocycles. The SMILES string of the molecule is CCOc1ccc(NC(=O)C(C)Sc2nccc(C(F)(F)F)n2)cc1. The van der Waals surface area contributed by atoms with E-state index in [0.717, 1.165) is 24.0 Å². The van der Waals surface area contributed by atoms with E-state index < -0.39 is 17.1 Å². The van der Waals surface area contributed by atoms with Gasteiger partial charge >= 0.3 is 6.18 Å². The van der Waals surface area contributed by atoms with Crippen molar-refractivity contribution in [3.63, 3.8) is 0 Å². The molecule has 9 heteroatoms. The molecule has 0 saturated carbocycles. The molecule has 0 spiro atoms. The van der Waals surface area contributed by atoms with Crippen molar-refractivity contribution in [3.8, 4) is 5.75 Å². The Morgan fingerprint density at radius 1 is 1.28 bits per heavy atom. The van der Waals surface area contributed by atoms with Gasteiger partial charge in [0.1, 0.15) is 11.4 Å². The molecule has 0 fully saturated rings. The monoisotopic (exact) mass is 371 g/mol. The number of thioether (sulfide) groups is 1. The Balaban J connectivity index is 1.98. The molecule has 1 unspecified atom stereocenters. The van der Waals surface area contributed by atoms with E-state index in [-0.39, 0.29) is 11.1 Å². The Labute approximate surface area is 147 Å². The molecular weight excluding hydrogens is 355 g/mol. The number of anilines is 1. The first-order valence-corrected chi connectivity index (χ1v) is 8.28. The second kappa shape index (κ2) is 8.19. The van der Waals surface area contributed by atoms with E-state index >= 15 is 0 Å². The van der Waals surface area contributed by atoms with Gasteiger partial charge in [-0.15, -0.1) is 0 Å². The standard InChI is InChI=1S/C16H16F3N3O2S/c1-3-24-12-6-4-11(5-7-12)21-14(23)10(2)25-15-20-9-8-13(22-15)16(17,18)19/h4-10H,3H2,1-2H3,(H,21,23). The van der Waals surface area contributed by atoms with Crippen LogP contribution >= 0.6 is 11.8 Å². The molecule has 2 aromatic rings. The molecule has 0 aliphatic rings. The quantitative estimate of drug-likeness (QED) is 0.614. The van der Waals surface area contributed by atoms with Crippen LogP contribution in [0.4, 0.5) is 18.9 Å². The number of carbonyl (C=O) groups excluding carboxylic acids is 1. The molecule has 5 nitrogen and oxygen atoms in total. The number of ether oxygens (including phenoxy) is 1. The van der Waals surface area contributed by atoms with Gasteiger partial charge in [0.15, 0.2) is 5.16 Å². The highest BCUT2D eigenvalue weighted by molar-refractivity contribution is 8.00. The van der Waals surface area contributed by atoms with Crippen LogP contribution in [0.15, 0.2) is 41.7 Å². The van der Waals surface area contributed by atoms with Gasteiger partial charge in [-0.25, -0.2) is 9.97 Å². The van der Waals surface area contributed by atoms with Gasteiger partial charge in [0.25, 0.3) is 0 Å². The average Bonchev–Trinajstić information content (AvgIpc) is 2.56. The largest absolute Gasteiger partial charge is 0.494 e. The zero-order valence-corrected chi connectivity index (χ0v) is 14.3. The van der Waals surface area contributed by atoms with E-state index in [1.54, 1.807) is 31.2 Å². The summed E-state index contributed by atoms with van der Waals surface area (Å²) in [5.41, 5.74) is -0.477. The van der Waals surface area contributed by atoms with Gasteiger partial charge in [-0.05, 0) is 44.2 Å². The van der Waals surface area contributed by atoms with Gasteiger partial charge < -0.3 is 10.1 Å². The zero-order valence-electron chi connectivity index (χ0n) is 13.5. The molecule has 0 bridgehead atoms. The van der Waals surface area contributed by atoms with Crippen molar-refractivity contribution < 1.29 is 22.7 Å². The van der Waals surface area contributed by atoms with Gasteiger partial charge in [-0.3, -0.25) is 4.79 Å². The maximum atomic E-state index is 12.6. The van der Waals surface area contributed by atoms with Crippen LogP contribution in [0.2, 0.25) is 0 Å². The minimum atomic E-state index is -4.55. The van der Waals surface area contributed by atoms with Gasteiger partial charge in [0.05, 0.1) is 11.9 Å². The number of amides is 1. The molecule has 134 valence electrons. The number of hydrogen-bond acceptors (Lipinski definition) is 5. The predicted molar refractivity (Wildman–Crippen MR) is 88.6 cm³/mol. The van der Waals surface area contributed by atoms with Crippen LogP contribution in [0.5, 0.6) is 5.75 Å². The highest BCUT2D eigenvalue weighted by atomic mass is 32.2. The minimum Gasteiger partial charge on any atom is -0.494 e. The third-order valence-electron chi connectivity index (χ3n) is 3.01. The number of aromatic nitrogens is 2. The highest BCUT2D eigenvalue weighted by Gasteiger charge is 2.33. The first kappa shape index (κ1) is 19.0. The summed E-state index contributed by atoms with van der Waals surface area (Å²) in [4.78, 5) is 19.4. The third kappa shape index (κ3) is 5.63. The number of nitrogens with one attached hydrogen (secondary N) is 1. The summed E-state index contributed by atoms with van der Waals surface area (Å²) < 4.78 is 43.3. The van der Waals surface area contributed by atoms with Crippen molar-refractivity contribution in [2.24, 2.45) is 0 Å². The van der Waals surface area contributed by atoms with E-state index in [2.05, 4.69) is 15.3 Å². The minimum absolute atomic E-state index is 0.107. The van der Waals surface area contributed by atoms with Crippen LogP contribution in [-0.4, -0.2) is 27.7 Å². The van der Waals surface area contributed by atoms with E-state index in [1.165, 1.54) is 0 Å². The van der Waals surface area contributed by atoms with E-state index in [0.29, 0.717) is 18.0 Å². The van der Waals surface area contributed by atoms with Crippen LogP contribution in [0.25, 0.3) is 0 Å². The van der Waals surface area contributed by atoms with Crippen molar-refractivity contribution in [3.05, 3.63) is 42.2 Å². The number of carbonyl (C=O) groups is 1. The smallest absolute Gasteiger partial charge is 0.433 e. The Morgan fingerprint density at radius 2 is 1.96 bits per heavy atom. The number of hydrogen-bond donors (Lipinski definition) is 1. The lowest BCUT2D eigenvalue weighted by atomic mass is 10.3. The molecule has 0 saturated heterocycles. The summed E-state index contributed by atoms with van der Waals surface area (Å²) >= 11 is 0.854. The first-order chi connectivity index (χ1) is 11.8. The second-order valence-corrected chi connectivity index (χ2v) is 6.24. The molecule has 25 heavy (non-hydrogen) atoms. The predicted octanol–water partition coefficient (Wildman–Crippen LogP) is 4.01. The van der Waals surface area contributed by atoms with Crippen LogP contribution < -0.4 is 10.1 Å². The summed E-state index contributed by atoms with van der Waals surface area (Å²) in [6.07, 6.45) is -3.53. The molecule has 1 heterocycles. The lowest BCUT2D eigenvalue weighted by Gasteiger charge is -2.12. The average molecular weight is 371 g/mol. The Bertz CT molecular complexity index is 723. The van der Waals surface area contributed by atoms with E-state index in [1.807, 2.05) is 6.92 Å². The maximum Gasteiger partial charge on any atom is 0.433 e. The van der Waals surface area contributed by atoms with Crippen molar-refractivity contribution >= 4 is 23.4 Å². The summed E-state index contributed by atoms with van der Waals surface area (Å²) in [5.74, 6) is 0.315. The van der Waals surface area contributed by atoms with Gasteiger partial charge in [0.2, 0.25) is 5.91 Å².